The van der Waals surface area contributed by atoms with Crippen LogP contribution < -0.4 is 4.74 Å². The molecule has 0 aliphatic carbocycles. The number of ether oxygens (including phenoxy) is 1. The Kier molecular flexibility index (Phi) is 6.39. The third-order valence-electron chi connectivity index (χ3n) is 6.04. The number of rotatable bonds is 5. The normalized spacial score (nSPS) is 19.9. The number of carbonyl (C=O) groups is 2. The van der Waals surface area contributed by atoms with Crippen LogP contribution in [0.5, 0.6) is 5.75 Å². The van der Waals surface area contributed by atoms with Gasteiger partial charge in [0.05, 0.1) is 12.0 Å². The van der Waals surface area contributed by atoms with Gasteiger partial charge in [0.1, 0.15) is 11.8 Å². The minimum atomic E-state index is -0.317. The number of aryl methyl sites for hydroxylation is 1. The second kappa shape index (κ2) is 9.18. The van der Waals surface area contributed by atoms with Crippen molar-refractivity contribution >= 4 is 23.2 Å². The zero-order valence-corrected chi connectivity index (χ0v) is 18.5. The van der Waals surface area contributed by atoms with Crippen LogP contribution in [0.15, 0.2) is 35.7 Å². The molecule has 0 spiro atoms. The van der Waals surface area contributed by atoms with E-state index in [1.54, 1.807) is 12.0 Å². The standard InChI is InChI=1S/C23H29N3O3S/c1-17-7-8-20(29-2)18(15-17)16-24-10-12-25(13-11-24)22(27)19-5-3-9-26(19)23(28)21-6-4-14-30-21/h4,6-8,14-15,19H,3,5,9-13,16H2,1-2H3. The van der Waals surface area contributed by atoms with E-state index in [0.717, 1.165) is 38.2 Å². The molecule has 4 rings (SSSR count). The predicted octanol–water partition coefficient (Wildman–Crippen LogP) is 3.01. The van der Waals surface area contributed by atoms with Crippen molar-refractivity contribution in [1.29, 1.82) is 0 Å². The van der Waals surface area contributed by atoms with Crippen molar-refractivity contribution < 1.29 is 14.3 Å². The molecule has 1 unspecified atom stereocenters. The number of benzene rings is 1. The van der Waals surface area contributed by atoms with Crippen molar-refractivity contribution in [2.45, 2.75) is 32.4 Å². The summed E-state index contributed by atoms with van der Waals surface area (Å²) in [5.74, 6) is 1.00. The van der Waals surface area contributed by atoms with E-state index in [1.807, 2.05) is 28.5 Å². The topological polar surface area (TPSA) is 53.1 Å². The van der Waals surface area contributed by atoms with Gasteiger partial charge >= 0.3 is 0 Å². The quantitative estimate of drug-likeness (QED) is 0.736. The molecule has 30 heavy (non-hydrogen) atoms. The van der Waals surface area contributed by atoms with Crippen molar-refractivity contribution in [2.75, 3.05) is 39.8 Å². The van der Waals surface area contributed by atoms with E-state index in [2.05, 4.69) is 24.0 Å². The molecule has 2 aliphatic rings. The molecule has 2 saturated heterocycles. The molecule has 2 fully saturated rings. The lowest BCUT2D eigenvalue weighted by Crippen LogP contribution is -2.54. The Labute approximate surface area is 182 Å². The third-order valence-corrected chi connectivity index (χ3v) is 6.90. The van der Waals surface area contributed by atoms with Crippen LogP contribution in [-0.4, -0.2) is 72.4 Å². The van der Waals surface area contributed by atoms with Gasteiger partial charge in [0.15, 0.2) is 0 Å². The average Bonchev–Trinajstić information content (AvgIpc) is 3.46. The number of hydrogen-bond donors (Lipinski definition) is 0. The number of hydrogen-bond acceptors (Lipinski definition) is 5. The highest BCUT2D eigenvalue weighted by Gasteiger charge is 2.38. The van der Waals surface area contributed by atoms with Gasteiger partial charge in [-0.1, -0.05) is 23.8 Å². The van der Waals surface area contributed by atoms with Crippen molar-refractivity contribution in [3.63, 3.8) is 0 Å². The largest absolute Gasteiger partial charge is 0.496 e. The summed E-state index contributed by atoms with van der Waals surface area (Å²) >= 11 is 1.44. The number of nitrogens with zero attached hydrogens (tertiary/aromatic N) is 3. The lowest BCUT2D eigenvalue weighted by Gasteiger charge is -2.37. The van der Waals surface area contributed by atoms with Crippen LogP contribution in [0, 0.1) is 6.92 Å². The van der Waals surface area contributed by atoms with Crippen LogP contribution in [0.25, 0.3) is 0 Å². The molecule has 3 heterocycles. The van der Waals surface area contributed by atoms with Crippen LogP contribution in [0.1, 0.15) is 33.6 Å². The summed E-state index contributed by atoms with van der Waals surface area (Å²) in [6.07, 6.45) is 1.65. The highest BCUT2D eigenvalue weighted by Crippen LogP contribution is 2.25. The predicted molar refractivity (Wildman–Crippen MR) is 118 cm³/mol. The van der Waals surface area contributed by atoms with Gasteiger partial charge in [-0.3, -0.25) is 14.5 Å². The summed E-state index contributed by atoms with van der Waals surface area (Å²) in [6, 6.07) is 9.65. The first kappa shape index (κ1) is 20.9. The molecule has 0 saturated carbocycles. The Morgan fingerprint density at radius 3 is 2.63 bits per heavy atom. The van der Waals surface area contributed by atoms with E-state index in [-0.39, 0.29) is 17.9 Å². The summed E-state index contributed by atoms with van der Waals surface area (Å²) in [4.78, 5) is 32.8. The Morgan fingerprint density at radius 2 is 1.93 bits per heavy atom. The third kappa shape index (κ3) is 4.37. The van der Waals surface area contributed by atoms with E-state index in [9.17, 15) is 9.59 Å². The second-order valence-electron chi connectivity index (χ2n) is 8.05. The molecule has 6 nitrogen and oxygen atoms in total. The first-order valence-electron chi connectivity index (χ1n) is 10.6. The first-order chi connectivity index (χ1) is 14.6. The Balaban J connectivity index is 1.35. The minimum absolute atomic E-state index is 0.00831. The molecule has 7 heteroatoms. The van der Waals surface area contributed by atoms with Crippen molar-refractivity contribution in [2.24, 2.45) is 0 Å². The van der Waals surface area contributed by atoms with Crippen molar-refractivity contribution in [1.82, 2.24) is 14.7 Å². The summed E-state index contributed by atoms with van der Waals surface area (Å²) in [5, 5.41) is 1.91. The molecule has 0 radical (unpaired) electrons. The van der Waals surface area contributed by atoms with Crippen LogP contribution >= 0.6 is 11.3 Å². The number of carbonyl (C=O) groups excluding carboxylic acids is 2. The van der Waals surface area contributed by atoms with Crippen LogP contribution in [0.4, 0.5) is 0 Å². The zero-order valence-electron chi connectivity index (χ0n) is 17.7. The zero-order chi connectivity index (χ0) is 21.1. The first-order valence-corrected chi connectivity index (χ1v) is 11.4. The fraction of sp³-hybridized carbons (Fsp3) is 0.478. The van der Waals surface area contributed by atoms with Gasteiger partial charge in [-0.15, -0.1) is 11.3 Å². The Hall–Kier alpha value is -2.38. The molecule has 1 aromatic heterocycles. The smallest absolute Gasteiger partial charge is 0.264 e. The molecule has 2 aliphatic heterocycles. The maximum absolute atomic E-state index is 13.2. The fourth-order valence-electron chi connectivity index (χ4n) is 4.42. The molecule has 0 N–H and O–H groups in total. The van der Waals surface area contributed by atoms with E-state index in [1.165, 1.54) is 22.5 Å². The molecule has 1 aromatic carbocycles. The molecular weight excluding hydrogens is 398 g/mol. The van der Waals surface area contributed by atoms with Crippen LogP contribution in [0.3, 0.4) is 0 Å². The molecule has 2 aromatic rings. The SMILES string of the molecule is COc1ccc(C)cc1CN1CCN(C(=O)C2CCCN2C(=O)c2cccs2)CC1. The highest BCUT2D eigenvalue weighted by molar-refractivity contribution is 7.12. The fourth-order valence-corrected chi connectivity index (χ4v) is 5.10. The number of likely N-dealkylation sites (tertiary alicyclic amines) is 1. The Morgan fingerprint density at radius 1 is 1.13 bits per heavy atom. The molecule has 2 amide bonds. The van der Waals surface area contributed by atoms with Gasteiger partial charge in [-0.2, -0.15) is 0 Å². The summed E-state index contributed by atoms with van der Waals surface area (Å²) in [7, 11) is 1.70. The van der Waals surface area contributed by atoms with Crippen LogP contribution in [0.2, 0.25) is 0 Å². The summed E-state index contributed by atoms with van der Waals surface area (Å²) in [5.41, 5.74) is 2.40. The lowest BCUT2D eigenvalue weighted by molar-refractivity contribution is -0.137. The molecule has 0 bridgehead atoms. The van der Waals surface area contributed by atoms with Crippen LogP contribution in [-0.2, 0) is 11.3 Å². The van der Waals surface area contributed by atoms with Gasteiger partial charge in [0.25, 0.3) is 5.91 Å². The monoisotopic (exact) mass is 427 g/mol. The average molecular weight is 428 g/mol. The Bertz CT molecular complexity index is 891. The number of amides is 2. The van der Waals surface area contributed by atoms with Gasteiger partial charge in [-0.05, 0) is 37.3 Å². The minimum Gasteiger partial charge on any atom is -0.496 e. The maximum atomic E-state index is 13.2. The van der Waals surface area contributed by atoms with Gasteiger partial charge in [0.2, 0.25) is 5.91 Å². The highest BCUT2D eigenvalue weighted by atomic mass is 32.1. The van der Waals surface area contributed by atoms with E-state index in [4.69, 9.17) is 4.74 Å². The molecule has 160 valence electrons. The summed E-state index contributed by atoms with van der Waals surface area (Å²) in [6.45, 7) is 6.63. The lowest BCUT2D eigenvalue weighted by atomic mass is 10.1. The van der Waals surface area contributed by atoms with Crippen molar-refractivity contribution in [3.05, 3.63) is 51.7 Å². The number of thiophene rings is 1. The van der Waals surface area contributed by atoms with E-state index >= 15 is 0 Å². The number of piperazine rings is 1. The van der Waals surface area contributed by atoms with E-state index < -0.39 is 0 Å². The molecular formula is C23H29N3O3S. The van der Waals surface area contributed by atoms with E-state index in [0.29, 0.717) is 24.5 Å². The second-order valence-corrected chi connectivity index (χ2v) is 9.00. The number of methoxy groups -OCH3 is 1. The summed E-state index contributed by atoms with van der Waals surface area (Å²) < 4.78 is 5.51. The molecule has 1 atom stereocenters. The van der Waals surface area contributed by atoms with Gasteiger partial charge < -0.3 is 14.5 Å². The van der Waals surface area contributed by atoms with Gasteiger partial charge in [-0.25, -0.2) is 0 Å². The maximum Gasteiger partial charge on any atom is 0.264 e. The van der Waals surface area contributed by atoms with Crippen molar-refractivity contribution in [3.8, 4) is 5.75 Å². The van der Waals surface area contributed by atoms with Gasteiger partial charge in [0, 0.05) is 44.8 Å².